The van der Waals surface area contributed by atoms with E-state index >= 15 is 4.39 Å². The van der Waals surface area contributed by atoms with Gasteiger partial charge in [-0.2, -0.15) is 13.2 Å². The van der Waals surface area contributed by atoms with Gasteiger partial charge >= 0.3 is 6.18 Å². The number of hydrogen-bond donors (Lipinski definition) is 3. The Morgan fingerprint density at radius 2 is 1.82 bits per heavy atom. The number of carbonyl (C=O) groups excluding carboxylic acids is 2. The summed E-state index contributed by atoms with van der Waals surface area (Å²) in [6, 6.07) is 11.0. The number of halogens is 5. The maximum Gasteiger partial charge on any atom is 0.424 e. The predicted molar refractivity (Wildman–Crippen MR) is 150 cm³/mol. The summed E-state index contributed by atoms with van der Waals surface area (Å²) in [5.41, 5.74) is -2.87. The van der Waals surface area contributed by atoms with Gasteiger partial charge in [-0.25, -0.2) is 18.7 Å². The number of benzene rings is 2. The Hall–Kier alpha value is -4.85. The van der Waals surface area contributed by atoms with Gasteiger partial charge < -0.3 is 25.6 Å². The topological polar surface area (TPSA) is 137 Å². The van der Waals surface area contributed by atoms with Crippen molar-refractivity contribution < 1.29 is 46.1 Å². The molecule has 2 aromatic heterocycles. The Bertz CT molecular complexity index is 1850. The molecule has 0 radical (unpaired) electrons. The minimum Gasteiger partial charge on any atom is -0.488 e. The molecule has 1 saturated carbocycles. The van der Waals surface area contributed by atoms with Gasteiger partial charge in [-0.3, -0.25) is 9.59 Å². The minimum atomic E-state index is -5.47. The van der Waals surface area contributed by atoms with Crippen molar-refractivity contribution >= 4 is 22.7 Å². The van der Waals surface area contributed by atoms with E-state index in [0.29, 0.717) is 22.7 Å². The fraction of sp³-hybridized carbons (Fsp3) is 0.290. The lowest BCUT2D eigenvalue weighted by atomic mass is 9.90. The summed E-state index contributed by atoms with van der Waals surface area (Å²) in [6.07, 6.45) is -3.94. The van der Waals surface area contributed by atoms with Gasteiger partial charge in [-0.05, 0) is 68.3 Å². The standard InChI is InChI=1S/C31H25F5N4O5/c1-15-2-3-17-10-18(11-22(24(17)39-15)45-20-8-9-20)27(41)38-13-30(43,31(34,35)36)23-12-21-26(44-14-29(21,33)28(37)42)25(40-23)16-4-6-19(32)7-5-16/h2-7,10-12,20,43H,8-9,13-14H2,1H3,(H2,37,42)(H,38,41)/t29-,30+/m1/s1. The van der Waals surface area contributed by atoms with Gasteiger partial charge in [0.2, 0.25) is 5.60 Å². The molecule has 14 heteroatoms. The molecule has 9 nitrogen and oxygen atoms in total. The molecule has 6 rings (SSSR count). The van der Waals surface area contributed by atoms with Gasteiger partial charge in [0.25, 0.3) is 17.5 Å². The maximum absolute atomic E-state index is 15.7. The van der Waals surface area contributed by atoms with Crippen molar-refractivity contribution in [2.75, 3.05) is 13.2 Å². The van der Waals surface area contributed by atoms with Crippen LogP contribution >= 0.6 is 0 Å². The second-order valence-corrected chi connectivity index (χ2v) is 11.1. The van der Waals surface area contributed by atoms with Crippen molar-refractivity contribution in [3.8, 4) is 22.8 Å². The SMILES string of the molecule is Cc1ccc2cc(C(=O)NC[C@](O)(c3cc4c(c(-c5ccc(F)cc5)n3)OC[C@]4(F)C(N)=O)C(F)(F)F)cc(OC3CC3)c2n1. The average molecular weight is 629 g/mol. The lowest BCUT2D eigenvalue weighted by Crippen LogP contribution is -2.51. The number of aryl methyl sites for hydroxylation is 1. The smallest absolute Gasteiger partial charge is 0.424 e. The third-order valence-corrected chi connectivity index (χ3v) is 7.70. The molecule has 4 N–H and O–H groups in total. The number of fused-ring (bicyclic) bond motifs is 2. The molecule has 2 atom stereocenters. The van der Waals surface area contributed by atoms with Crippen LogP contribution in [-0.2, 0) is 16.1 Å². The van der Waals surface area contributed by atoms with Crippen molar-refractivity contribution in [1.29, 1.82) is 0 Å². The Labute approximate surface area is 252 Å². The van der Waals surface area contributed by atoms with E-state index in [4.69, 9.17) is 15.2 Å². The predicted octanol–water partition coefficient (Wildman–Crippen LogP) is 4.51. The molecule has 2 aliphatic rings. The highest BCUT2D eigenvalue weighted by atomic mass is 19.4. The molecule has 1 aliphatic carbocycles. The third-order valence-electron chi connectivity index (χ3n) is 7.70. The first-order valence-electron chi connectivity index (χ1n) is 13.8. The van der Waals surface area contributed by atoms with E-state index in [1.807, 2.05) is 0 Å². The van der Waals surface area contributed by atoms with Gasteiger partial charge in [0.05, 0.1) is 18.3 Å². The van der Waals surface area contributed by atoms with Crippen molar-refractivity contribution in [3.63, 3.8) is 0 Å². The first-order chi connectivity index (χ1) is 21.2. The molecule has 45 heavy (non-hydrogen) atoms. The summed E-state index contributed by atoms with van der Waals surface area (Å²) >= 11 is 0. The van der Waals surface area contributed by atoms with Crippen LogP contribution in [0.4, 0.5) is 22.0 Å². The van der Waals surface area contributed by atoms with Crippen molar-refractivity contribution in [1.82, 2.24) is 15.3 Å². The van der Waals surface area contributed by atoms with Gasteiger partial charge in [-0.15, -0.1) is 0 Å². The molecule has 2 amide bonds. The van der Waals surface area contributed by atoms with E-state index in [0.717, 1.165) is 37.1 Å². The van der Waals surface area contributed by atoms with Crippen molar-refractivity contribution in [2.45, 2.75) is 43.3 Å². The molecule has 0 saturated heterocycles. The zero-order chi connectivity index (χ0) is 32.3. The van der Waals surface area contributed by atoms with E-state index in [1.165, 1.54) is 12.1 Å². The van der Waals surface area contributed by atoms with Crippen LogP contribution in [0.15, 0.2) is 54.6 Å². The Balaban J connectivity index is 1.40. The zero-order valence-electron chi connectivity index (χ0n) is 23.5. The number of carbonyl (C=O) groups is 2. The van der Waals surface area contributed by atoms with Crippen molar-refractivity contribution in [2.24, 2.45) is 5.73 Å². The summed E-state index contributed by atoms with van der Waals surface area (Å²) in [7, 11) is 0. The quantitative estimate of drug-likeness (QED) is 0.244. The molecular weight excluding hydrogens is 603 g/mol. The number of aromatic nitrogens is 2. The lowest BCUT2D eigenvalue weighted by Gasteiger charge is -2.31. The van der Waals surface area contributed by atoms with Gasteiger partial charge in [0, 0.05) is 27.8 Å². The normalized spacial score (nSPS) is 19.0. The highest BCUT2D eigenvalue weighted by Gasteiger charge is 2.58. The Morgan fingerprint density at radius 3 is 2.47 bits per heavy atom. The van der Waals surface area contributed by atoms with Crippen LogP contribution in [0.2, 0.25) is 0 Å². The number of alkyl halides is 4. The number of ether oxygens (including phenoxy) is 2. The van der Waals surface area contributed by atoms with Crippen LogP contribution < -0.4 is 20.5 Å². The molecule has 4 aromatic rings. The molecule has 0 unspecified atom stereocenters. The van der Waals surface area contributed by atoms with E-state index in [1.54, 1.807) is 19.1 Å². The molecule has 234 valence electrons. The molecule has 1 aliphatic heterocycles. The van der Waals surface area contributed by atoms with Crippen LogP contribution in [0, 0.1) is 12.7 Å². The van der Waals surface area contributed by atoms with Crippen molar-refractivity contribution in [3.05, 3.63) is 82.9 Å². The van der Waals surface area contributed by atoms with Gasteiger partial charge in [0.1, 0.15) is 29.4 Å². The highest BCUT2D eigenvalue weighted by Crippen LogP contribution is 2.48. The van der Waals surface area contributed by atoms with Crippen LogP contribution in [0.25, 0.3) is 22.2 Å². The van der Waals surface area contributed by atoms with Crippen LogP contribution in [0.5, 0.6) is 11.5 Å². The zero-order valence-corrected chi connectivity index (χ0v) is 23.5. The van der Waals surface area contributed by atoms with E-state index in [2.05, 4.69) is 15.3 Å². The fourth-order valence-corrected chi connectivity index (χ4v) is 4.98. The third kappa shape index (κ3) is 5.39. The number of aliphatic hydroxyl groups is 1. The summed E-state index contributed by atoms with van der Waals surface area (Å²) in [4.78, 5) is 33.7. The number of nitrogens with one attached hydrogen (secondary N) is 1. The number of nitrogens with zero attached hydrogens (tertiary/aromatic N) is 2. The monoisotopic (exact) mass is 628 g/mol. The number of primary amides is 1. The molecular formula is C31H25F5N4O5. The number of nitrogens with two attached hydrogens (primary N) is 1. The number of pyridine rings is 2. The lowest BCUT2D eigenvalue weighted by molar-refractivity contribution is -0.265. The molecule has 0 spiro atoms. The summed E-state index contributed by atoms with van der Waals surface area (Å²) < 4.78 is 84.5. The number of rotatable bonds is 8. The molecule has 1 fully saturated rings. The van der Waals surface area contributed by atoms with Crippen LogP contribution in [0.1, 0.15) is 40.2 Å². The molecule has 2 aromatic carbocycles. The second kappa shape index (κ2) is 10.6. The Morgan fingerprint density at radius 1 is 1.11 bits per heavy atom. The summed E-state index contributed by atoms with van der Waals surface area (Å²) in [5, 5.41) is 13.8. The van der Waals surface area contributed by atoms with Gasteiger partial charge in [-0.1, -0.05) is 6.07 Å². The van der Waals surface area contributed by atoms with Crippen LogP contribution in [-0.4, -0.2) is 52.3 Å². The largest absolute Gasteiger partial charge is 0.488 e. The number of hydrogen-bond acceptors (Lipinski definition) is 7. The average Bonchev–Trinajstić information content (AvgIpc) is 3.75. The van der Waals surface area contributed by atoms with Crippen LogP contribution in [0.3, 0.4) is 0 Å². The Kier molecular flexibility index (Phi) is 7.14. The molecule has 0 bridgehead atoms. The minimum absolute atomic E-state index is 0.0000162. The van der Waals surface area contributed by atoms with E-state index < -0.39 is 70.9 Å². The first-order valence-corrected chi connectivity index (χ1v) is 13.8. The van der Waals surface area contributed by atoms with Gasteiger partial charge in [0.15, 0.2) is 5.75 Å². The maximum atomic E-state index is 15.7. The highest BCUT2D eigenvalue weighted by molar-refractivity contribution is 6.00. The fourth-order valence-electron chi connectivity index (χ4n) is 4.98. The summed E-state index contributed by atoms with van der Waals surface area (Å²) in [6.45, 7) is -0.639. The second-order valence-electron chi connectivity index (χ2n) is 11.1. The first kappa shape index (κ1) is 30.2. The summed E-state index contributed by atoms with van der Waals surface area (Å²) in [5.74, 6) is -3.32. The number of amides is 2. The van der Waals surface area contributed by atoms with E-state index in [9.17, 15) is 32.3 Å². The van der Waals surface area contributed by atoms with E-state index in [-0.39, 0.29) is 23.0 Å². The molecule has 3 heterocycles.